The predicted molar refractivity (Wildman–Crippen MR) is 68.8 cm³/mol. The minimum absolute atomic E-state index is 0.0956. The molecular weight excluding hydrogens is 282 g/mol. The van der Waals surface area contributed by atoms with Crippen LogP contribution in [-0.2, 0) is 6.54 Å². The summed E-state index contributed by atoms with van der Waals surface area (Å²) in [5.74, 6) is -0.0956. The molecule has 0 aliphatic rings. The molecule has 0 fully saturated rings. The molecule has 17 heavy (non-hydrogen) atoms. The molecule has 1 N–H and O–H groups in total. The Kier molecular flexibility index (Phi) is 3.64. The van der Waals surface area contributed by atoms with Gasteiger partial charge in [-0.25, -0.2) is 0 Å². The molecule has 1 aromatic carbocycles. The first kappa shape index (κ1) is 11.9. The van der Waals surface area contributed by atoms with Gasteiger partial charge in [-0.1, -0.05) is 11.6 Å². The number of furan rings is 1. The predicted octanol–water partition coefficient (Wildman–Crippen LogP) is 3.28. The average molecular weight is 294 g/mol. The molecule has 0 radical (unpaired) electrons. The van der Waals surface area contributed by atoms with E-state index in [2.05, 4.69) is 21.2 Å². The van der Waals surface area contributed by atoms with Crippen molar-refractivity contribution in [2.24, 2.45) is 0 Å². The second kappa shape index (κ2) is 5.19. The molecule has 2 aromatic rings. The summed E-state index contributed by atoms with van der Waals surface area (Å²) in [5.41, 5.74) is 2.65. The maximum absolute atomic E-state index is 11.9. The van der Waals surface area contributed by atoms with Crippen LogP contribution in [0.5, 0.6) is 0 Å². The van der Waals surface area contributed by atoms with E-state index in [0.29, 0.717) is 12.1 Å². The van der Waals surface area contributed by atoms with Crippen LogP contribution in [0, 0.1) is 6.92 Å². The van der Waals surface area contributed by atoms with Crippen LogP contribution in [0.1, 0.15) is 21.5 Å². The van der Waals surface area contributed by atoms with Gasteiger partial charge in [-0.3, -0.25) is 4.79 Å². The number of hydrogen-bond donors (Lipinski definition) is 1. The summed E-state index contributed by atoms with van der Waals surface area (Å²) in [4.78, 5) is 11.9. The first-order valence-electron chi connectivity index (χ1n) is 5.22. The quantitative estimate of drug-likeness (QED) is 0.944. The van der Waals surface area contributed by atoms with E-state index in [1.807, 2.05) is 31.2 Å². The largest absolute Gasteiger partial charge is 0.472 e. The molecule has 3 nitrogen and oxygen atoms in total. The molecule has 88 valence electrons. The number of benzene rings is 1. The van der Waals surface area contributed by atoms with Crippen LogP contribution in [0.25, 0.3) is 0 Å². The van der Waals surface area contributed by atoms with Crippen LogP contribution in [0.15, 0.2) is 45.7 Å². The van der Waals surface area contributed by atoms with E-state index in [4.69, 9.17) is 4.42 Å². The average Bonchev–Trinajstić information content (AvgIpc) is 2.82. The zero-order valence-corrected chi connectivity index (χ0v) is 11.0. The molecule has 0 aliphatic heterocycles. The summed E-state index contributed by atoms with van der Waals surface area (Å²) in [6.45, 7) is 2.43. The lowest BCUT2D eigenvalue weighted by Crippen LogP contribution is -2.23. The smallest absolute Gasteiger partial charge is 0.252 e. The lowest BCUT2D eigenvalue weighted by molar-refractivity contribution is 0.0950. The second-order valence-corrected chi connectivity index (χ2v) is 4.65. The Morgan fingerprint density at radius 1 is 1.41 bits per heavy atom. The topological polar surface area (TPSA) is 42.2 Å². The minimum atomic E-state index is -0.0956. The Hall–Kier alpha value is -1.55. The SMILES string of the molecule is Cc1ccc(Br)c(C(=O)NCc2ccoc2)c1. The summed E-state index contributed by atoms with van der Waals surface area (Å²) in [6.07, 6.45) is 3.20. The Morgan fingerprint density at radius 2 is 2.24 bits per heavy atom. The van der Waals surface area contributed by atoms with Crippen molar-refractivity contribution >= 4 is 21.8 Å². The van der Waals surface area contributed by atoms with Crippen molar-refractivity contribution in [2.75, 3.05) is 0 Å². The molecule has 2 rings (SSSR count). The van der Waals surface area contributed by atoms with E-state index in [0.717, 1.165) is 15.6 Å². The van der Waals surface area contributed by atoms with Crippen LogP contribution in [0.3, 0.4) is 0 Å². The van der Waals surface area contributed by atoms with Crippen molar-refractivity contribution in [3.8, 4) is 0 Å². The van der Waals surface area contributed by atoms with Crippen molar-refractivity contribution in [3.63, 3.8) is 0 Å². The lowest BCUT2D eigenvalue weighted by atomic mass is 10.1. The fourth-order valence-corrected chi connectivity index (χ4v) is 1.91. The fourth-order valence-electron chi connectivity index (χ4n) is 1.48. The van der Waals surface area contributed by atoms with Crippen molar-refractivity contribution in [1.82, 2.24) is 5.32 Å². The monoisotopic (exact) mass is 293 g/mol. The summed E-state index contributed by atoms with van der Waals surface area (Å²) in [6, 6.07) is 7.51. The van der Waals surface area contributed by atoms with Crippen LogP contribution >= 0.6 is 15.9 Å². The first-order chi connectivity index (χ1) is 8.16. The summed E-state index contributed by atoms with van der Waals surface area (Å²) < 4.78 is 5.73. The third-order valence-corrected chi connectivity index (χ3v) is 3.09. The Balaban J connectivity index is 2.07. The second-order valence-electron chi connectivity index (χ2n) is 3.80. The van der Waals surface area contributed by atoms with E-state index >= 15 is 0 Å². The number of hydrogen-bond acceptors (Lipinski definition) is 2. The maximum atomic E-state index is 11.9. The van der Waals surface area contributed by atoms with Crippen LogP contribution in [0.4, 0.5) is 0 Å². The van der Waals surface area contributed by atoms with Crippen molar-refractivity contribution in [1.29, 1.82) is 0 Å². The molecule has 0 spiro atoms. The van der Waals surface area contributed by atoms with Crippen molar-refractivity contribution in [3.05, 3.63) is 58.0 Å². The van der Waals surface area contributed by atoms with Gasteiger partial charge in [-0.15, -0.1) is 0 Å². The molecular formula is C13H12BrNO2. The van der Waals surface area contributed by atoms with Crippen LogP contribution in [0.2, 0.25) is 0 Å². The highest BCUT2D eigenvalue weighted by atomic mass is 79.9. The van der Waals surface area contributed by atoms with Crippen LogP contribution in [-0.4, -0.2) is 5.91 Å². The highest BCUT2D eigenvalue weighted by molar-refractivity contribution is 9.10. The zero-order chi connectivity index (χ0) is 12.3. The number of amides is 1. The number of nitrogens with one attached hydrogen (secondary N) is 1. The van der Waals surface area contributed by atoms with E-state index in [1.165, 1.54) is 0 Å². The summed E-state index contributed by atoms with van der Waals surface area (Å²) >= 11 is 3.37. The van der Waals surface area contributed by atoms with Gasteiger partial charge in [0.15, 0.2) is 0 Å². The van der Waals surface area contributed by atoms with E-state index in [9.17, 15) is 4.79 Å². The number of aryl methyl sites for hydroxylation is 1. The third-order valence-electron chi connectivity index (χ3n) is 2.40. The van der Waals surface area contributed by atoms with E-state index < -0.39 is 0 Å². The number of rotatable bonds is 3. The van der Waals surface area contributed by atoms with Gasteiger partial charge in [-0.05, 0) is 41.1 Å². The Morgan fingerprint density at radius 3 is 2.94 bits per heavy atom. The van der Waals surface area contributed by atoms with Gasteiger partial charge in [0.05, 0.1) is 18.1 Å². The van der Waals surface area contributed by atoms with Gasteiger partial charge in [-0.2, -0.15) is 0 Å². The van der Waals surface area contributed by atoms with Gasteiger partial charge in [0.1, 0.15) is 0 Å². The van der Waals surface area contributed by atoms with E-state index in [1.54, 1.807) is 12.5 Å². The molecule has 0 aliphatic carbocycles. The first-order valence-corrected chi connectivity index (χ1v) is 6.01. The van der Waals surface area contributed by atoms with Crippen molar-refractivity contribution < 1.29 is 9.21 Å². The van der Waals surface area contributed by atoms with Gasteiger partial charge in [0.25, 0.3) is 5.91 Å². The highest BCUT2D eigenvalue weighted by Gasteiger charge is 2.09. The molecule has 0 bridgehead atoms. The molecule has 1 aromatic heterocycles. The molecule has 0 saturated carbocycles. The fraction of sp³-hybridized carbons (Fsp3) is 0.154. The van der Waals surface area contributed by atoms with E-state index in [-0.39, 0.29) is 5.91 Å². The summed E-state index contributed by atoms with van der Waals surface area (Å²) in [7, 11) is 0. The molecule has 0 unspecified atom stereocenters. The van der Waals surface area contributed by atoms with Crippen molar-refractivity contribution in [2.45, 2.75) is 13.5 Å². The van der Waals surface area contributed by atoms with Gasteiger partial charge < -0.3 is 9.73 Å². The maximum Gasteiger partial charge on any atom is 0.252 e. The molecule has 1 amide bonds. The zero-order valence-electron chi connectivity index (χ0n) is 9.37. The third kappa shape index (κ3) is 2.97. The highest BCUT2D eigenvalue weighted by Crippen LogP contribution is 2.18. The number of carbonyl (C=O) groups excluding carboxylic acids is 1. The van der Waals surface area contributed by atoms with Gasteiger partial charge in [0.2, 0.25) is 0 Å². The number of carbonyl (C=O) groups is 1. The van der Waals surface area contributed by atoms with Gasteiger partial charge >= 0.3 is 0 Å². The molecule has 0 saturated heterocycles. The van der Waals surface area contributed by atoms with Gasteiger partial charge in [0, 0.05) is 16.6 Å². The molecule has 4 heteroatoms. The standard InChI is InChI=1S/C13H12BrNO2/c1-9-2-3-12(14)11(6-9)13(16)15-7-10-4-5-17-8-10/h2-6,8H,7H2,1H3,(H,15,16). The lowest BCUT2D eigenvalue weighted by Gasteiger charge is -2.06. The Bertz CT molecular complexity index is 520. The normalized spacial score (nSPS) is 10.2. The molecule has 0 atom stereocenters. The Labute approximate surface area is 108 Å². The molecule has 1 heterocycles. The van der Waals surface area contributed by atoms with Crippen LogP contribution < -0.4 is 5.32 Å². The summed E-state index contributed by atoms with van der Waals surface area (Å²) in [5, 5.41) is 2.84. The number of halogens is 1. The minimum Gasteiger partial charge on any atom is -0.472 e.